The summed E-state index contributed by atoms with van der Waals surface area (Å²) < 4.78 is 17.5. The van der Waals surface area contributed by atoms with Gasteiger partial charge in [-0.1, -0.05) is 26.0 Å². The normalized spacial score (nSPS) is 29.1. The van der Waals surface area contributed by atoms with Crippen LogP contribution in [0.1, 0.15) is 57.6 Å². The molecule has 1 aromatic rings. The number of rotatable bonds is 8. The number of amides is 1. The molecule has 1 aliphatic carbocycles. The molecule has 1 amide bonds. The minimum Gasteiger partial charge on any atom is -0.494 e. The number of morpholine rings is 1. The highest BCUT2D eigenvalue weighted by atomic mass is 16.5. The van der Waals surface area contributed by atoms with Gasteiger partial charge in [0.05, 0.1) is 37.4 Å². The van der Waals surface area contributed by atoms with E-state index in [2.05, 4.69) is 18.7 Å². The average Bonchev–Trinajstić information content (AvgIpc) is 3.16. The fourth-order valence-electron chi connectivity index (χ4n) is 5.96. The van der Waals surface area contributed by atoms with Crippen LogP contribution in [-0.2, 0) is 19.1 Å². The molecule has 190 valence electrons. The van der Waals surface area contributed by atoms with Crippen LogP contribution in [0, 0.1) is 11.8 Å². The number of hydrogen-bond donors (Lipinski definition) is 0. The van der Waals surface area contributed by atoms with E-state index in [1.165, 1.54) is 0 Å². The lowest BCUT2D eigenvalue weighted by Crippen LogP contribution is -2.41. The molecule has 0 bridgehead atoms. The van der Waals surface area contributed by atoms with Crippen LogP contribution in [0.3, 0.4) is 0 Å². The van der Waals surface area contributed by atoms with Crippen molar-refractivity contribution in [2.75, 3.05) is 46.0 Å². The molecule has 3 heterocycles. The zero-order valence-electron chi connectivity index (χ0n) is 21.0. The number of fused-ring (bicyclic) bond motifs is 1. The second-order valence-corrected chi connectivity index (χ2v) is 10.4. The van der Waals surface area contributed by atoms with Crippen molar-refractivity contribution >= 4 is 11.7 Å². The lowest BCUT2D eigenvalue weighted by atomic mass is 9.74. The van der Waals surface area contributed by atoms with Crippen molar-refractivity contribution in [2.24, 2.45) is 11.8 Å². The van der Waals surface area contributed by atoms with Crippen LogP contribution in [0.5, 0.6) is 5.75 Å². The first kappa shape index (κ1) is 24.3. The first-order chi connectivity index (χ1) is 17.1. The van der Waals surface area contributed by atoms with Crippen LogP contribution in [0.15, 0.2) is 35.6 Å². The molecule has 4 aliphatic rings. The van der Waals surface area contributed by atoms with Crippen molar-refractivity contribution in [1.29, 1.82) is 0 Å². The Morgan fingerprint density at radius 3 is 2.57 bits per heavy atom. The van der Waals surface area contributed by atoms with Gasteiger partial charge in [0.15, 0.2) is 11.5 Å². The summed E-state index contributed by atoms with van der Waals surface area (Å²) in [6.45, 7) is 9.82. The Balaban J connectivity index is 1.40. The van der Waals surface area contributed by atoms with Crippen molar-refractivity contribution in [2.45, 2.75) is 58.1 Å². The largest absolute Gasteiger partial charge is 0.494 e. The monoisotopic (exact) mass is 482 g/mol. The summed E-state index contributed by atoms with van der Waals surface area (Å²) in [4.78, 5) is 31.7. The molecule has 4 atom stereocenters. The molecular weight excluding hydrogens is 444 g/mol. The summed E-state index contributed by atoms with van der Waals surface area (Å²) in [7, 11) is 0. The van der Waals surface area contributed by atoms with Gasteiger partial charge in [-0.3, -0.25) is 14.5 Å². The zero-order chi connectivity index (χ0) is 24.4. The smallest absolute Gasteiger partial charge is 0.290 e. The van der Waals surface area contributed by atoms with E-state index in [-0.39, 0.29) is 23.7 Å². The molecule has 5 rings (SSSR count). The topological polar surface area (TPSA) is 68.3 Å². The highest BCUT2D eigenvalue weighted by Gasteiger charge is 2.52. The second kappa shape index (κ2) is 10.7. The Hall–Kier alpha value is -2.38. The Labute approximate surface area is 208 Å². The van der Waals surface area contributed by atoms with Crippen LogP contribution in [0.25, 0.3) is 0 Å². The molecule has 2 fully saturated rings. The summed E-state index contributed by atoms with van der Waals surface area (Å²) in [6.07, 6.45) is 4.34. The van der Waals surface area contributed by atoms with Crippen LogP contribution in [0.2, 0.25) is 0 Å². The number of benzene rings is 1. The van der Waals surface area contributed by atoms with Crippen molar-refractivity contribution < 1.29 is 23.8 Å². The molecule has 1 saturated carbocycles. The molecule has 0 N–H and O–H groups in total. The van der Waals surface area contributed by atoms with Crippen LogP contribution in [0.4, 0.5) is 0 Å². The lowest BCUT2D eigenvalue weighted by molar-refractivity contribution is -0.136. The summed E-state index contributed by atoms with van der Waals surface area (Å²) in [5.41, 5.74) is 1.51. The maximum Gasteiger partial charge on any atom is 0.290 e. The zero-order valence-corrected chi connectivity index (χ0v) is 21.0. The van der Waals surface area contributed by atoms with E-state index in [0.717, 1.165) is 76.3 Å². The Morgan fingerprint density at radius 1 is 1.06 bits per heavy atom. The molecule has 7 nitrogen and oxygen atoms in total. The number of carbonyl (C=O) groups excluding carboxylic acids is 2. The van der Waals surface area contributed by atoms with Crippen molar-refractivity contribution in [1.82, 2.24) is 9.80 Å². The van der Waals surface area contributed by atoms with Crippen LogP contribution >= 0.6 is 0 Å². The van der Waals surface area contributed by atoms with Crippen LogP contribution < -0.4 is 4.74 Å². The molecule has 1 aromatic carbocycles. The van der Waals surface area contributed by atoms with Crippen molar-refractivity contribution in [3.05, 3.63) is 41.2 Å². The van der Waals surface area contributed by atoms with Crippen molar-refractivity contribution in [3.63, 3.8) is 0 Å². The highest BCUT2D eigenvalue weighted by molar-refractivity contribution is 6.11. The average molecular weight is 483 g/mol. The van der Waals surface area contributed by atoms with Gasteiger partial charge in [0.1, 0.15) is 11.9 Å². The number of hydrogen-bond acceptors (Lipinski definition) is 6. The van der Waals surface area contributed by atoms with E-state index in [0.29, 0.717) is 30.4 Å². The maximum atomic E-state index is 13.8. The molecule has 0 spiro atoms. The number of carbonyl (C=O) groups is 2. The molecule has 0 radical (unpaired) electrons. The molecule has 7 heteroatoms. The summed E-state index contributed by atoms with van der Waals surface area (Å²) in [5.74, 6) is 1.44. The maximum absolute atomic E-state index is 13.8. The van der Waals surface area contributed by atoms with Gasteiger partial charge in [0.25, 0.3) is 5.91 Å². The summed E-state index contributed by atoms with van der Waals surface area (Å²) in [5, 5.41) is 0. The van der Waals surface area contributed by atoms with Gasteiger partial charge in [-0.2, -0.15) is 0 Å². The molecule has 0 aromatic heterocycles. The minimum absolute atomic E-state index is 0.114. The van der Waals surface area contributed by atoms with Crippen LogP contribution in [-0.4, -0.2) is 73.6 Å². The first-order valence-electron chi connectivity index (χ1n) is 13.4. The van der Waals surface area contributed by atoms with E-state index in [1.807, 2.05) is 29.2 Å². The van der Waals surface area contributed by atoms with Crippen molar-refractivity contribution in [3.8, 4) is 5.75 Å². The quantitative estimate of drug-likeness (QED) is 0.562. The molecule has 3 aliphatic heterocycles. The third kappa shape index (κ3) is 4.98. The number of Topliss-reactive ketones (excluding diaryl/α,β-unsaturated/α-hetero) is 1. The fraction of sp³-hybridized carbons (Fsp3) is 0.643. The van der Waals surface area contributed by atoms with Gasteiger partial charge in [-0.05, 0) is 55.7 Å². The Bertz CT molecular complexity index is 953. The van der Waals surface area contributed by atoms with E-state index >= 15 is 0 Å². The lowest BCUT2D eigenvalue weighted by Gasteiger charge is -2.37. The SMILES string of the molecule is CCCOc1ccc(C2C3=C(OC4CCC(C)CC4C3=O)C(=O)N2CCCN2CCOCC2)cc1. The second-order valence-electron chi connectivity index (χ2n) is 10.4. The molecular formula is C28H38N2O5. The first-order valence-corrected chi connectivity index (χ1v) is 13.4. The summed E-state index contributed by atoms with van der Waals surface area (Å²) >= 11 is 0. The van der Waals surface area contributed by atoms with Gasteiger partial charge in [-0.15, -0.1) is 0 Å². The van der Waals surface area contributed by atoms with Gasteiger partial charge < -0.3 is 19.1 Å². The number of nitrogens with zero attached hydrogens (tertiary/aromatic N) is 2. The van der Waals surface area contributed by atoms with E-state index in [9.17, 15) is 9.59 Å². The third-order valence-corrected chi connectivity index (χ3v) is 7.85. The highest BCUT2D eigenvalue weighted by Crippen LogP contribution is 2.47. The van der Waals surface area contributed by atoms with Gasteiger partial charge in [0, 0.05) is 26.2 Å². The third-order valence-electron chi connectivity index (χ3n) is 7.85. The van der Waals surface area contributed by atoms with E-state index < -0.39 is 6.04 Å². The standard InChI is InChI=1S/C28H38N2O5/c1-3-15-34-21-8-6-20(7-9-21)25-24-26(31)22-18-19(2)5-10-23(22)35-27(24)28(32)30(25)12-4-11-29-13-16-33-17-14-29/h6-9,19,22-23,25H,3-5,10-18H2,1-2H3. The van der Waals surface area contributed by atoms with Gasteiger partial charge in [-0.25, -0.2) is 0 Å². The predicted molar refractivity (Wildman–Crippen MR) is 132 cm³/mol. The molecule has 1 saturated heterocycles. The van der Waals surface area contributed by atoms with Gasteiger partial charge >= 0.3 is 0 Å². The number of ketones is 1. The fourth-order valence-corrected chi connectivity index (χ4v) is 5.96. The molecule has 4 unspecified atom stereocenters. The van der Waals surface area contributed by atoms with Gasteiger partial charge in [0.2, 0.25) is 0 Å². The van der Waals surface area contributed by atoms with E-state index in [1.54, 1.807) is 0 Å². The Morgan fingerprint density at radius 2 is 1.83 bits per heavy atom. The van der Waals surface area contributed by atoms with E-state index in [4.69, 9.17) is 14.2 Å². The number of ether oxygens (including phenoxy) is 3. The molecule has 35 heavy (non-hydrogen) atoms. The Kier molecular flexibility index (Phi) is 7.44. The minimum atomic E-state index is -0.395. The predicted octanol–water partition coefficient (Wildman–Crippen LogP) is 3.74. The summed E-state index contributed by atoms with van der Waals surface area (Å²) in [6, 6.07) is 7.49.